The summed E-state index contributed by atoms with van der Waals surface area (Å²) < 4.78 is 5.45. The van der Waals surface area contributed by atoms with Crippen LogP contribution in [0.2, 0.25) is 0 Å². The molecule has 1 amide bonds. The van der Waals surface area contributed by atoms with E-state index in [1.807, 2.05) is 38.1 Å². The topological polar surface area (TPSA) is 88.7 Å². The number of hydrogen-bond acceptors (Lipinski definition) is 3. The van der Waals surface area contributed by atoms with Gasteiger partial charge in [-0.2, -0.15) is 0 Å². The van der Waals surface area contributed by atoms with Crippen LogP contribution in [0, 0.1) is 0 Å². The number of nitrogens with zero attached hydrogens (tertiary/aromatic N) is 1. The Kier molecular flexibility index (Phi) is 9.66. The van der Waals surface area contributed by atoms with Crippen molar-refractivity contribution in [2.75, 3.05) is 13.2 Å². The van der Waals surface area contributed by atoms with Crippen LogP contribution in [0.4, 0.5) is 0 Å². The molecule has 0 aliphatic heterocycles. The Hall–Kier alpha value is -2.24. The summed E-state index contributed by atoms with van der Waals surface area (Å²) in [5.41, 5.74) is 7.05. The van der Waals surface area contributed by atoms with E-state index < -0.39 is 0 Å². The molecule has 1 aromatic rings. The van der Waals surface area contributed by atoms with Gasteiger partial charge in [-0.05, 0) is 50.8 Å². The summed E-state index contributed by atoms with van der Waals surface area (Å²) >= 11 is 0. The van der Waals surface area contributed by atoms with E-state index in [-0.39, 0.29) is 11.9 Å². The molecule has 0 spiro atoms. The Morgan fingerprint density at radius 2 is 1.89 bits per heavy atom. The summed E-state index contributed by atoms with van der Waals surface area (Å²) in [4.78, 5) is 16.5. The van der Waals surface area contributed by atoms with Gasteiger partial charge in [0.05, 0.1) is 12.6 Å². The Morgan fingerprint density at radius 3 is 2.54 bits per heavy atom. The molecular formula is C22H36N4O2. The number of nitrogens with one attached hydrogen (secondary N) is 2. The lowest BCUT2D eigenvalue weighted by Crippen LogP contribution is -2.39. The SMILES string of the molecule is CCOc1ccc(C(C)NC(=O)CCCN=C(N)NC2CCCCCC2)cc1. The molecule has 156 valence electrons. The van der Waals surface area contributed by atoms with Crippen molar-refractivity contribution in [1.29, 1.82) is 0 Å². The van der Waals surface area contributed by atoms with E-state index in [1.165, 1.54) is 38.5 Å². The highest BCUT2D eigenvalue weighted by molar-refractivity contribution is 5.78. The smallest absolute Gasteiger partial charge is 0.220 e. The van der Waals surface area contributed by atoms with E-state index in [9.17, 15) is 4.79 Å². The molecule has 1 unspecified atom stereocenters. The molecular weight excluding hydrogens is 352 g/mol. The molecule has 1 aliphatic rings. The molecule has 1 aromatic carbocycles. The monoisotopic (exact) mass is 388 g/mol. The molecule has 6 nitrogen and oxygen atoms in total. The standard InChI is InChI=1S/C22H36N4O2/c1-3-28-20-14-12-18(13-15-20)17(2)25-21(27)11-8-16-24-22(23)26-19-9-6-4-5-7-10-19/h12-15,17,19H,3-11,16H2,1-2H3,(H,25,27)(H3,23,24,26). The zero-order valence-corrected chi connectivity index (χ0v) is 17.4. The van der Waals surface area contributed by atoms with Crippen molar-refractivity contribution in [3.8, 4) is 5.75 Å². The number of carbonyl (C=O) groups is 1. The minimum Gasteiger partial charge on any atom is -0.494 e. The second-order valence-electron chi connectivity index (χ2n) is 7.49. The van der Waals surface area contributed by atoms with Gasteiger partial charge >= 0.3 is 0 Å². The first kappa shape index (κ1) is 22.1. The van der Waals surface area contributed by atoms with Gasteiger partial charge < -0.3 is 21.1 Å². The van der Waals surface area contributed by atoms with Crippen LogP contribution in [0.25, 0.3) is 0 Å². The van der Waals surface area contributed by atoms with Gasteiger partial charge in [-0.25, -0.2) is 0 Å². The lowest BCUT2D eigenvalue weighted by atomic mass is 10.1. The van der Waals surface area contributed by atoms with Gasteiger partial charge in [0.1, 0.15) is 5.75 Å². The van der Waals surface area contributed by atoms with E-state index in [1.54, 1.807) is 0 Å². The summed E-state index contributed by atoms with van der Waals surface area (Å²) in [5, 5.41) is 6.36. The molecule has 28 heavy (non-hydrogen) atoms. The molecule has 1 aliphatic carbocycles. The summed E-state index contributed by atoms with van der Waals surface area (Å²) in [6.45, 7) is 5.16. The number of ether oxygens (including phenoxy) is 1. The van der Waals surface area contributed by atoms with Crippen molar-refractivity contribution < 1.29 is 9.53 Å². The third kappa shape index (κ3) is 8.19. The molecule has 2 rings (SSSR count). The van der Waals surface area contributed by atoms with Gasteiger partial charge in [0.25, 0.3) is 0 Å². The Bertz CT molecular complexity index is 607. The highest BCUT2D eigenvalue weighted by Crippen LogP contribution is 2.18. The maximum absolute atomic E-state index is 12.2. The van der Waals surface area contributed by atoms with Crippen LogP contribution in [0.1, 0.15) is 76.8 Å². The fourth-order valence-corrected chi connectivity index (χ4v) is 3.53. The van der Waals surface area contributed by atoms with Crippen LogP contribution in [-0.2, 0) is 4.79 Å². The molecule has 1 fully saturated rings. The highest BCUT2D eigenvalue weighted by Gasteiger charge is 2.12. The maximum Gasteiger partial charge on any atom is 0.220 e. The summed E-state index contributed by atoms with van der Waals surface area (Å²) in [7, 11) is 0. The minimum atomic E-state index is -0.0337. The van der Waals surface area contributed by atoms with Crippen molar-refractivity contribution in [2.24, 2.45) is 10.7 Å². The Morgan fingerprint density at radius 1 is 1.21 bits per heavy atom. The minimum absolute atomic E-state index is 0.0337. The van der Waals surface area contributed by atoms with E-state index in [0.29, 0.717) is 38.0 Å². The number of aliphatic imine (C=N–C) groups is 1. The summed E-state index contributed by atoms with van der Waals surface area (Å²) in [6, 6.07) is 8.25. The first-order valence-corrected chi connectivity index (χ1v) is 10.7. The van der Waals surface area contributed by atoms with Gasteiger partial charge in [0, 0.05) is 19.0 Å². The fourth-order valence-electron chi connectivity index (χ4n) is 3.53. The third-order valence-electron chi connectivity index (χ3n) is 5.12. The van der Waals surface area contributed by atoms with Crippen LogP contribution in [-0.4, -0.2) is 31.1 Å². The van der Waals surface area contributed by atoms with Gasteiger partial charge in [0.2, 0.25) is 5.91 Å². The van der Waals surface area contributed by atoms with Crippen LogP contribution in [0.3, 0.4) is 0 Å². The van der Waals surface area contributed by atoms with Crippen LogP contribution in [0.5, 0.6) is 5.75 Å². The predicted molar refractivity (Wildman–Crippen MR) is 115 cm³/mol. The number of nitrogens with two attached hydrogens (primary N) is 1. The molecule has 4 N–H and O–H groups in total. The highest BCUT2D eigenvalue weighted by atomic mass is 16.5. The quantitative estimate of drug-likeness (QED) is 0.261. The number of guanidine groups is 1. The van der Waals surface area contributed by atoms with Crippen molar-refractivity contribution in [1.82, 2.24) is 10.6 Å². The van der Waals surface area contributed by atoms with Crippen molar-refractivity contribution >= 4 is 11.9 Å². The van der Waals surface area contributed by atoms with Gasteiger partial charge in [-0.3, -0.25) is 9.79 Å². The van der Waals surface area contributed by atoms with Crippen LogP contribution < -0.4 is 21.1 Å². The first-order chi connectivity index (χ1) is 13.6. The second-order valence-corrected chi connectivity index (χ2v) is 7.49. The van der Waals surface area contributed by atoms with Gasteiger partial charge in [-0.15, -0.1) is 0 Å². The Balaban J connectivity index is 1.65. The van der Waals surface area contributed by atoms with Gasteiger partial charge in [-0.1, -0.05) is 37.8 Å². The molecule has 0 heterocycles. The molecule has 0 bridgehead atoms. The second kappa shape index (κ2) is 12.3. The lowest BCUT2D eigenvalue weighted by molar-refractivity contribution is -0.121. The molecule has 1 atom stereocenters. The van der Waals surface area contributed by atoms with E-state index in [0.717, 1.165) is 11.3 Å². The zero-order valence-electron chi connectivity index (χ0n) is 17.4. The van der Waals surface area contributed by atoms with Crippen LogP contribution in [0.15, 0.2) is 29.3 Å². The normalized spacial score (nSPS) is 16.9. The van der Waals surface area contributed by atoms with Crippen molar-refractivity contribution in [3.05, 3.63) is 29.8 Å². The van der Waals surface area contributed by atoms with Crippen LogP contribution >= 0.6 is 0 Å². The molecule has 6 heteroatoms. The number of amides is 1. The largest absolute Gasteiger partial charge is 0.494 e. The lowest BCUT2D eigenvalue weighted by Gasteiger charge is -2.16. The zero-order chi connectivity index (χ0) is 20.2. The molecule has 1 saturated carbocycles. The van der Waals surface area contributed by atoms with E-state index in [4.69, 9.17) is 10.5 Å². The van der Waals surface area contributed by atoms with E-state index >= 15 is 0 Å². The number of hydrogen-bond donors (Lipinski definition) is 3. The number of rotatable bonds is 9. The third-order valence-corrected chi connectivity index (χ3v) is 5.12. The van der Waals surface area contributed by atoms with Gasteiger partial charge in [0.15, 0.2) is 5.96 Å². The Labute approximate surface area is 169 Å². The predicted octanol–water partition coefficient (Wildman–Crippen LogP) is 3.67. The molecule has 0 aromatic heterocycles. The molecule has 0 saturated heterocycles. The average Bonchev–Trinajstić information content (AvgIpc) is 2.94. The van der Waals surface area contributed by atoms with E-state index in [2.05, 4.69) is 15.6 Å². The first-order valence-electron chi connectivity index (χ1n) is 10.7. The molecule has 0 radical (unpaired) electrons. The fraction of sp³-hybridized carbons (Fsp3) is 0.636. The van der Waals surface area contributed by atoms with Crippen molar-refractivity contribution in [2.45, 2.75) is 77.3 Å². The maximum atomic E-state index is 12.2. The van der Waals surface area contributed by atoms with Crippen molar-refractivity contribution in [3.63, 3.8) is 0 Å². The number of benzene rings is 1. The number of carbonyl (C=O) groups excluding carboxylic acids is 1. The summed E-state index contributed by atoms with van der Waals surface area (Å²) in [5.74, 6) is 1.39. The average molecular weight is 389 g/mol. The summed E-state index contributed by atoms with van der Waals surface area (Å²) in [6.07, 6.45) is 8.63.